The minimum Gasteiger partial charge on any atom is -0.352 e. The number of rotatable bonds is 6. The summed E-state index contributed by atoms with van der Waals surface area (Å²) in [4.78, 5) is 29.7. The smallest absolute Gasteiger partial charge is 0.236 e. The number of pyridine rings is 1. The number of hydrogen-bond donors (Lipinski definition) is 1. The average molecular weight is 297 g/mol. The molecule has 0 aliphatic heterocycles. The van der Waals surface area contributed by atoms with Crippen LogP contribution >= 0.6 is 0 Å². The van der Waals surface area contributed by atoms with Gasteiger partial charge >= 0.3 is 0 Å². The van der Waals surface area contributed by atoms with Crippen LogP contribution in [0.1, 0.15) is 18.9 Å². The van der Waals surface area contributed by atoms with E-state index < -0.39 is 0 Å². The van der Waals surface area contributed by atoms with E-state index in [0.29, 0.717) is 13.1 Å². The summed E-state index contributed by atoms with van der Waals surface area (Å²) in [5, 5.41) is 2.73. The van der Waals surface area contributed by atoms with Gasteiger partial charge in [0, 0.05) is 31.2 Å². The zero-order valence-electron chi connectivity index (χ0n) is 12.5. The number of anilines is 1. The first kappa shape index (κ1) is 15.7. The van der Waals surface area contributed by atoms with Crippen LogP contribution in [0.25, 0.3) is 0 Å². The maximum atomic E-state index is 12.2. The second-order valence-electron chi connectivity index (χ2n) is 4.79. The van der Waals surface area contributed by atoms with Gasteiger partial charge in [0.25, 0.3) is 0 Å². The van der Waals surface area contributed by atoms with Crippen molar-refractivity contribution < 1.29 is 9.59 Å². The largest absolute Gasteiger partial charge is 0.352 e. The van der Waals surface area contributed by atoms with Crippen molar-refractivity contribution in [2.75, 3.05) is 11.4 Å². The molecular weight excluding hydrogens is 278 g/mol. The van der Waals surface area contributed by atoms with Crippen LogP contribution in [0.3, 0.4) is 0 Å². The highest BCUT2D eigenvalue weighted by molar-refractivity contribution is 6.04. The third-order valence-corrected chi connectivity index (χ3v) is 3.21. The Bertz CT molecular complexity index is 614. The molecule has 0 aliphatic rings. The molecule has 1 heterocycles. The second-order valence-corrected chi connectivity index (χ2v) is 4.79. The molecule has 0 atom stereocenters. The van der Waals surface area contributed by atoms with Gasteiger partial charge in [0.2, 0.25) is 11.8 Å². The Morgan fingerprint density at radius 3 is 2.55 bits per heavy atom. The zero-order valence-corrected chi connectivity index (χ0v) is 12.5. The van der Waals surface area contributed by atoms with Gasteiger partial charge in [0.1, 0.15) is 6.42 Å². The summed E-state index contributed by atoms with van der Waals surface area (Å²) in [6.07, 6.45) is 3.20. The van der Waals surface area contributed by atoms with Crippen LogP contribution < -0.4 is 10.2 Å². The first-order valence-electron chi connectivity index (χ1n) is 7.21. The van der Waals surface area contributed by atoms with Crippen LogP contribution in [0.5, 0.6) is 0 Å². The molecular formula is C17H19N3O2. The van der Waals surface area contributed by atoms with Crippen LogP contribution in [0.4, 0.5) is 5.69 Å². The van der Waals surface area contributed by atoms with Gasteiger partial charge in [-0.15, -0.1) is 0 Å². The molecule has 5 heteroatoms. The van der Waals surface area contributed by atoms with Gasteiger partial charge in [-0.1, -0.05) is 24.3 Å². The minimum atomic E-state index is -0.289. The molecule has 2 aromatic rings. The lowest BCUT2D eigenvalue weighted by Gasteiger charge is -2.20. The van der Waals surface area contributed by atoms with E-state index in [1.165, 1.54) is 0 Å². The van der Waals surface area contributed by atoms with Gasteiger partial charge in [-0.2, -0.15) is 0 Å². The third-order valence-electron chi connectivity index (χ3n) is 3.21. The summed E-state index contributed by atoms with van der Waals surface area (Å²) in [7, 11) is 0. The number of nitrogens with one attached hydrogen (secondary N) is 1. The summed E-state index contributed by atoms with van der Waals surface area (Å²) in [5.41, 5.74) is 1.70. The van der Waals surface area contributed by atoms with Crippen molar-refractivity contribution in [2.45, 2.75) is 19.9 Å². The van der Waals surface area contributed by atoms with E-state index in [0.717, 1.165) is 11.3 Å². The van der Waals surface area contributed by atoms with Crippen LogP contribution in [0, 0.1) is 0 Å². The van der Waals surface area contributed by atoms with Gasteiger partial charge in [0.15, 0.2) is 0 Å². The Morgan fingerprint density at radius 2 is 1.91 bits per heavy atom. The van der Waals surface area contributed by atoms with Gasteiger partial charge < -0.3 is 10.2 Å². The number of hydrogen-bond acceptors (Lipinski definition) is 3. The van der Waals surface area contributed by atoms with E-state index in [9.17, 15) is 9.59 Å². The van der Waals surface area contributed by atoms with E-state index in [4.69, 9.17) is 0 Å². The number of benzene rings is 1. The molecule has 0 saturated carbocycles. The second kappa shape index (κ2) is 7.93. The topological polar surface area (TPSA) is 62.3 Å². The highest BCUT2D eigenvalue weighted by Crippen LogP contribution is 2.13. The van der Waals surface area contributed by atoms with Crippen molar-refractivity contribution in [3.05, 3.63) is 60.4 Å². The van der Waals surface area contributed by atoms with E-state index in [1.807, 2.05) is 43.3 Å². The molecule has 0 spiro atoms. The third kappa shape index (κ3) is 4.41. The molecule has 0 bridgehead atoms. The normalized spacial score (nSPS) is 10.0. The van der Waals surface area contributed by atoms with E-state index in [1.54, 1.807) is 23.4 Å². The van der Waals surface area contributed by atoms with Crippen LogP contribution in [0.15, 0.2) is 54.9 Å². The standard InChI is InChI=1S/C17H19N3O2/c1-2-20(15-8-4-3-5-9-15)17(22)11-16(21)19-13-14-7-6-10-18-12-14/h3-10,12H,2,11,13H2,1H3,(H,19,21). The fraction of sp³-hybridized carbons (Fsp3) is 0.235. The summed E-state index contributed by atoms with van der Waals surface area (Å²) in [6.45, 7) is 2.79. The van der Waals surface area contributed by atoms with Crippen molar-refractivity contribution in [2.24, 2.45) is 0 Å². The van der Waals surface area contributed by atoms with Gasteiger partial charge in [-0.3, -0.25) is 14.6 Å². The quantitative estimate of drug-likeness (QED) is 0.831. The fourth-order valence-corrected chi connectivity index (χ4v) is 2.11. The van der Waals surface area contributed by atoms with Crippen LogP contribution in [0.2, 0.25) is 0 Å². The summed E-state index contributed by atoms with van der Waals surface area (Å²) in [6, 6.07) is 13.0. The Balaban J connectivity index is 1.89. The minimum absolute atomic E-state index is 0.164. The van der Waals surface area contributed by atoms with Gasteiger partial charge in [-0.25, -0.2) is 0 Å². The van der Waals surface area contributed by atoms with Gasteiger partial charge in [-0.05, 0) is 30.7 Å². The molecule has 1 N–H and O–H groups in total. The summed E-state index contributed by atoms with van der Waals surface area (Å²) in [5.74, 6) is -0.499. The monoisotopic (exact) mass is 297 g/mol. The van der Waals surface area contributed by atoms with E-state index in [2.05, 4.69) is 10.3 Å². The number of carbonyl (C=O) groups is 2. The molecule has 1 aromatic heterocycles. The van der Waals surface area contributed by atoms with Crippen molar-refractivity contribution >= 4 is 17.5 Å². The lowest BCUT2D eigenvalue weighted by atomic mass is 10.2. The fourth-order valence-electron chi connectivity index (χ4n) is 2.11. The van der Waals surface area contributed by atoms with Crippen LogP contribution in [-0.2, 0) is 16.1 Å². The Hall–Kier alpha value is -2.69. The highest BCUT2D eigenvalue weighted by Gasteiger charge is 2.17. The zero-order chi connectivity index (χ0) is 15.8. The van der Waals surface area contributed by atoms with Crippen molar-refractivity contribution in [1.29, 1.82) is 0 Å². The predicted octanol–water partition coefficient (Wildman–Crippen LogP) is 2.14. The summed E-state index contributed by atoms with van der Waals surface area (Å²) >= 11 is 0. The number of nitrogens with zero attached hydrogens (tertiary/aromatic N) is 2. The first-order chi connectivity index (χ1) is 10.7. The Labute approximate surface area is 130 Å². The molecule has 0 radical (unpaired) electrons. The average Bonchev–Trinajstić information content (AvgIpc) is 2.55. The van der Waals surface area contributed by atoms with E-state index >= 15 is 0 Å². The molecule has 1 aromatic carbocycles. The highest BCUT2D eigenvalue weighted by atomic mass is 16.2. The Morgan fingerprint density at radius 1 is 1.14 bits per heavy atom. The van der Waals surface area contributed by atoms with Crippen LogP contribution in [-0.4, -0.2) is 23.3 Å². The van der Waals surface area contributed by atoms with E-state index in [-0.39, 0.29) is 18.2 Å². The number of amides is 2. The number of carbonyl (C=O) groups excluding carboxylic acids is 2. The molecule has 0 aliphatic carbocycles. The lowest BCUT2D eigenvalue weighted by Crippen LogP contribution is -2.35. The number of para-hydroxylation sites is 1. The molecule has 114 valence electrons. The molecule has 2 rings (SSSR count). The maximum absolute atomic E-state index is 12.2. The summed E-state index contributed by atoms with van der Waals surface area (Å²) < 4.78 is 0. The molecule has 2 amide bonds. The number of aromatic nitrogens is 1. The lowest BCUT2D eigenvalue weighted by molar-refractivity contribution is -0.128. The van der Waals surface area contributed by atoms with Crippen molar-refractivity contribution in [3.8, 4) is 0 Å². The first-order valence-corrected chi connectivity index (χ1v) is 7.21. The van der Waals surface area contributed by atoms with Gasteiger partial charge in [0.05, 0.1) is 0 Å². The molecule has 0 saturated heterocycles. The van der Waals surface area contributed by atoms with Crippen molar-refractivity contribution in [3.63, 3.8) is 0 Å². The predicted molar refractivity (Wildman–Crippen MR) is 85.2 cm³/mol. The molecule has 0 unspecified atom stereocenters. The SMILES string of the molecule is CCN(C(=O)CC(=O)NCc1cccnc1)c1ccccc1. The maximum Gasteiger partial charge on any atom is 0.236 e. The molecule has 22 heavy (non-hydrogen) atoms. The van der Waals surface area contributed by atoms with Crippen molar-refractivity contribution in [1.82, 2.24) is 10.3 Å². The Kier molecular flexibility index (Phi) is 5.65. The molecule has 0 fully saturated rings. The molecule has 5 nitrogen and oxygen atoms in total.